The molecular formula is C20H23FN4. The fourth-order valence-electron chi connectivity index (χ4n) is 2.94. The van der Waals surface area contributed by atoms with Crippen LogP contribution in [0.5, 0.6) is 0 Å². The van der Waals surface area contributed by atoms with E-state index in [0.717, 1.165) is 23.5 Å². The van der Waals surface area contributed by atoms with E-state index in [-0.39, 0.29) is 11.9 Å². The summed E-state index contributed by atoms with van der Waals surface area (Å²) in [6.07, 6.45) is 2.91. The lowest BCUT2D eigenvalue weighted by Crippen LogP contribution is -2.19. The molecule has 0 radical (unpaired) electrons. The first-order chi connectivity index (χ1) is 12.0. The number of pyridine rings is 1. The number of nitrogens with zero attached hydrogens (tertiary/aromatic N) is 3. The summed E-state index contributed by atoms with van der Waals surface area (Å²) in [4.78, 5) is 3.91. The van der Waals surface area contributed by atoms with Crippen molar-refractivity contribution >= 4 is 0 Å². The van der Waals surface area contributed by atoms with Gasteiger partial charge < -0.3 is 5.32 Å². The molecule has 25 heavy (non-hydrogen) atoms. The molecule has 0 saturated carbocycles. The van der Waals surface area contributed by atoms with E-state index in [1.54, 1.807) is 6.20 Å². The quantitative estimate of drug-likeness (QED) is 0.740. The first kappa shape index (κ1) is 17.3. The number of aryl methyl sites for hydroxylation is 1. The van der Waals surface area contributed by atoms with Crippen molar-refractivity contribution < 1.29 is 4.39 Å². The Morgan fingerprint density at radius 2 is 1.92 bits per heavy atom. The zero-order valence-corrected chi connectivity index (χ0v) is 14.8. The summed E-state index contributed by atoms with van der Waals surface area (Å²) in [6.45, 7) is 7.57. The Bertz CT molecular complexity index is 842. The molecule has 0 bridgehead atoms. The highest BCUT2D eigenvalue weighted by molar-refractivity contribution is 5.26. The lowest BCUT2D eigenvalue weighted by atomic mass is 10.1. The van der Waals surface area contributed by atoms with Gasteiger partial charge in [0.1, 0.15) is 5.82 Å². The average Bonchev–Trinajstić information content (AvgIpc) is 2.87. The lowest BCUT2D eigenvalue weighted by Gasteiger charge is -2.14. The molecule has 1 atom stereocenters. The molecule has 3 aromatic rings. The maximum atomic E-state index is 13.3. The summed E-state index contributed by atoms with van der Waals surface area (Å²) >= 11 is 0. The molecule has 2 heterocycles. The van der Waals surface area contributed by atoms with Gasteiger partial charge in [-0.2, -0.15) is 5.10 Å². The van der Waals surface area contributed by atoms with Crippen LogP contribution in [0.4, 0.5) is 4.39 Å². The molecule has 130 valence electrons. The Hall–Kier alpha value is -2.53. The minimum absolute atomic E-state index is 0.0134. The van der Waals surface area contributed by atoms with Crippen LogP contribution in [0, 0.1) is 19.7 Å². The van der Waals surface area contributed by atoms with Crippen molar-refractivity contribution in [3.8, 4) is 0 Å². The molecule has 5 heteroatoms. The Morgan fingerprint density at radius 3 is 2.64 bits per heavy atom. The van der Waals surface area contributed by atoms with Crippen LogP contribution in [0.1, 0.15) is 41.0 Å². The van der Waals surface area contributed by atoms with Crippen LogP contribution in [0.25, 0.3) is 0 Å². The van der Waals surface area contributed by atoms with Gasteiger partial charge in [-0.3, -0.25) is 9.67 Å². The molecule has 1 N–H and O–H groups in total. The van der Waals surface area contributed by atoms with E-state index in [4.69, 9.17) is 0 Å². The van der Waals surface area contributed by atoms with E-state index in [9.17, 15) is 4.39 Å². The van der Waals surface area contributed by atoms with Gasteiger partial charge >= 0.3 is 0 Å². The van der Waals surface area contributed by atoms with Crippen LogP contribution in [0.15, 0.2) is 48.8 Å². The number of rotatable bonds is 6. The van der Waals surface area contributed by atoms with Crippen molar-refractivity contribution in [3.05, 3.63) is 82.7 Å². The van der Waals surface area contributed by atoms with E-state index in [0.29, 0.717) is 6.54 Å². The highest BCUT2D eigenvalue weighted by atomic mass is 19.1. The second kappa shape index (κ2) is 7.57. The first-order valence-corrected chi connectivity index (χ1v) is 8.45. The van der Waals surface area contributed by atoms with Crippen molar-refractivity contribution in [2.24, 2.45) is 0 Å². The molecule has 4 nitrogen and oxygen atoms in total. The van der Waals surface area contributed by atoms with Gasteiger partial charge in [0.2, 0.25) is 0 Å². The van der Waals surface area contributed by atoms with Crippen molar-refractivity contribution in [2.45, 2.75) is 39.9 Å². The summed E-state index contributed by atoms with van der Waals surface area (Å²) < 4.78 is 15.4. The van der Waals surface area contributed by atoms with Crippen LogP contribution < -0.4 is 5.32 Å². The summed E-state index contributed by atoms with van der Waals surface area (Å²) in [5.74, 6) is -0.311. The Kier molecular flexibility index (Phi) is 5.24. The van der Waals surface area contributed by atoms with E-state index in [1.807, 2.05) is 36.7 Å². The molecule has 0 aliphatic carbocycles. The van der Waals surface area contributed by atoms with Crippen molar-refractivity contribution in [3.63, 3.8) is 0 Å². The molecule has 0 aliphatic rings. The third kappa shape index (κ3) is 4.12. The topological polar surface area (TPSA) is 42.7 Å². The fourth-order valence-corrected chi connectivity index (χ4v) is 2.94. The molecule has 0 unspecified atom stereocenters. The molecule has 3 rings (SSSR count). The molecule has 0 spiro atoms. The number of halogens is 1. The zero-order valence-electron chi connectivity index (χ0n) is 14.8. The summed E-state index contributed by atoms with van der Waals surface area (Å²) in [7, 11) is 0. The highest BCUT2D eigenvalue weighted by Crippen LogP contribution is 2.17. The molecule has 0 saturated heterocycles. The van der Waals surface area contributed by atoms with Gasteiger partial charge in [0, 0.05) is 30.0 Å². The number of hydrogen-bond donors (Lipinski definition) is 1. The monoisotopic (exact) mass is 338 g/mol. The van der Waals surface area contributed by atoms with Gasteiger partial charge in [-0.25, -0.2) is 4.39 Å². The van der Waals surface area contributed by atoms with Crippen LogP contribution >= 0.6 is 0 Å². The van der Waals surface area contributed by atoms with Crippen LogP contribution in [-0.4, -0.2) is 14.8 Å². The molecule has 0 amide bonds. The SMILES string of the molecule is Cc1nn(Cc2ccccc2)c(C)c1CN[C@@H](C)c1cncc(F)c1. The summed E-state index contributed by atoms with van der Waals surface area (Å²) in [5, 5.41) is 8.12. The fraction of sp³-hybridized carbons (Fsp3) is 0.300. The normalized spacial score (nSPS) is 12.3. The lowest BCUT2D eigenvalue weighted by molar-refractivity contribution is 0.558. The molecule has 1 aromatic carbocycles. The maximum absolute atomic E-state index is 13.3. The van der Waals surface area contributed by atoms with Crippen molar-refractivity contribution in [2.75, 3.05) is 0 Å². The first-order valence-electron chi connectivity index (χ1n) is 8.45. The maximum Gasteiger partial charge on any atom is 0.141 e. The smallest absolute Gasteiger partial charge is 0.141 e. The van der Waals surface area contributed by atoms with Crippen molar-refractivity contribution in [1.82, 2.24) is 20.1 Å². The van der Waals surface area contributed by atoms with Gasteiger partial charge in [-0.05, 0) is 38.0 Å². The Morgan fingerprint density at radius 1 is 1.16 bits per heavy atom. The zero-order chi connectivity index (χ0) is 17.8. The van der Waals surface area contributed by atoms with Gasteiger partial charge in [0.15, 0.2) is 0 Å². The summed E-state index contributed by atoms with van der Waals surface area (Å²) in [6, 6.07) is 11.8. The van der Waals surface area contributed by atoms with E-state index in [2.05, 4.69) is 34.5 Å². The second-order valence-corrected chi connectivity index (χ2v) is 6.33. The minimum Gasteiger partial charge on any atom is -0.306 e. The standard InChI is InChI=1S/C20H23FN4/c1-14(18-9-19(21)11-22-10-18)23-12-20-15(2)24-25(16(20)3)13-17-7-5-4-6-8-17/h4-11,14,23H,12-13H2,1-3H3/t14-/m0/s1. The van der Waals surface area contributed by atoms with Crippen LogP contribution in [-0.2, 0) is 13.1 Å². The van der Waals surface area contributed by atoms with E-state index in [1.165, 1.54) is 23.4 Å². The largest absolute Gasteiger partial charge is 0.306 e. The minimum atomic E-state index is -0.311. The Balaban J connectivity index is 1.70. The van der Waals surface area contributed by atoms with Gasteiger partial charge in [0.25, 0.3) is 0 Å². The average molecular weight is 338 g/mol. The number of nitrogens with one attached hydrogen (secondary N) is 1. The summed E-state index contributed by atoms with van der Waals surface area (Å²) in [5.41, 5.74) is 5.43. The van der Waals surface area contributed by atoms with Crippen molar-refractivity contribution in [1.29, 1.82) is 0 Å². The van der Waals surface area contributed by atoms with Crippen LogP contribution in [0.2, 0.25) is 0 Å². The molecule has 0 aliphatic heterocycles. The second-order valence-electron chi connectivity index (χ2n) is 6.33. The van der Waals surface area contributed by atoms with Crippen LogP contribution in [0.3, 0.4) is 0 Å². The predicted octanol–water partition coefficient (Wildman–Crippen LogP) is 3.93. The van der Waals surface area contributed by atoms with Gasteiger partial charge in [0.05, 0.1) is 18.4 Å². The predicted molar refractivity (Wildman–Crippen MR) is 96.7 cm³/mol. The third-order valence-corrected chi connectivity index (χ3v) is 4.52. The van der Waals surface area contributed by atoms with Gasteiger partial charge in [-0.1, -0.05) is 30.3 Å². The number of hydrogen-bond acceptors (Lipinski definition) is 3. The molecule has 0 fully saturated rings. The molecular weight excluding hydrogens is 315 g/mol. The Labute approximate surface area is 147 Å². The third-order valence-electron chi connectivity index (χ3n) is 4.52. The number of aromatic nitrogens is 3. The molecule has 2 aromatic heterocycles. The van der Waals surface area contributed by atoms with E-state index >= 15 is 0 Å². The highest BCUT2D eigenvalue weighted by Gasteiger charge is 2.13. The van der Waals surface area contributed by atoms with E-state index < -0.39 is 0 Å². The van der Waals surface area contributed by atoms with Gasteiger partial charge in [-0.15, -0.1) is 0 Å². The number of benzene rings is 1.